The minimum Gasteiger partial charge on any atom is -0.314 e. The molecule has 3 atom stereocenters. The summed E-state index contributed by atoms with van der Waals surface area (Å²) in [4.78, 5) is 4.09. The van der Waals surface area contributed by atoms with Crippen LogP contribution in [-0.4, -0.2) is 17.6 Å². The highest BCUT2D eigenvalue weighted by Crippen LogP contribution is 2.50. The van der Waals surface area contributed by atoms with E-state index in [-0.39, 0.29) is 0 Å². The molecule has 0 radical (unpaired) electrons. The van der Waals surface area contributed by atoms with Crippen molar-refractivity contribution >= 4 is 0 Å². The lowest BCUT2D eigenvalue weighted by atomic mass is 9.99. The van der Waals surface area contributed by atoms with Crippen molar-refractivity contribution in [3.05, 3.63) is 66.0 Å². The van der Waals surface area contributed by atoms with E-state index >= 15 is 0 Å². The highest BCUT2D eigenvalue weighted by Gasteiger charge is 2.42. The molecular weight excluding hydrogens is 256 g/mol. The molecule has 1 aromatic carbocycles. The number of rotatable bonds is 7. The van der Waals surface area contributed by atoms with Gasteiger partial charge in [0.05, 0.1) is 0 Å². The van der Waals surface area contributed by atoms with Gasteiger partial charge >= 0.3 is 0 Å². The van der Waals surface area contributed by atoms with Crippen LogP contribution in [0.15, 0.2) is 54.9 Å². The average Bonchev–Trinajstić information content (AvgIpc) is 3.34. The molecule has 0 bridgehead atoms. The van der Waals surface area contributed by atoms with E-state index < -0.39 is 0 Å². The summed E-state index contributed by atoms with van der Waals surface area (Å²) in [6.45, 7) is 3.26. The van der Waals surface area contributed by atoms with Crippen LogP contribution in [0.4, 0.5) is 0 Å². The molecule has 2 aromatic rings. The lowest BCUT2D eigenvalue weighted by molar-refractivity contribution is 0.439. The Kier molecular flexibility index (Phi) is 4.66. The van der Waals surface area contributed by atoms with E-state index in [1.165, 1.54) is 24.0 Å². The first kappa shape index (κ1) is 14.3. The molecule has 1 N–H and O–H groups in total. The molecule has 1 fully saturated rings. The van der Waals surface area contributed by atoms with Crippen LogP contribution < -0.4 is 5.32 Å². The Balaban J connectivity index is 1.58. The maximum atomic E-state index is 4.09. The molecule has 0 spiro atoms. The van der Waals surface area contributed by atoms with Crippen LogP contribution in [-0.2, 0) is 6.42 Å². The largest absolute Gasteiger partial charge is 0.314 e. The minimum absolute atomic E-state index is 0.633. The van der Waals surface area contributed by atoms with Crippen LogP contribution >= 0.6 is 0 Å². The van der Waals surface area contributed by atoms with Crippen molar-refractivity contribution in [2.75, 3.05) is 6.54 Å². The second-order valence-corrected chi connectivity index (χ2v) is 5.98. The average molecular weight is 280 g/mol. The molecule has 1 aliphatic rings. The third-order valence-electron chi connectivity index (χ3n) is 4.54. The van der Waals surface area contributed by atoms with Gasteiger partial charge in [0, 0.05) is 18.4 Å². The second-order valence-electron chi connectivity index (χ2n) is 5.98. The number of hydrogen-bond donors (Lipinski definition) is 1. The highest BCUT2D eigenvalue weighted by atomic mass is 14.9. The number of aryl methyl sites for hydroxylation is 1. The predicted molar refractivity (Wildman–Crippen MR) is 87.3 cm³/mol. The molecule has 3 unspecified atom stereocenters. The van der Waals surface area contributed by atoms with Crippen molar-refractivity contribution < 1.29 is 0 Å². The first-order valence-corrected chi connectivity index (χ1v) is 8.05. The summed E-state index contributed by atoms with van der Waals surface area (Å²) in [7, 11) is 0. The van der Waals surface area contributed by atoms with E-state index in [9.17, 15) is 0 Å². The van der Waals surface area contributed by atoms with Gasteiger partial charge in [0.1, 0.15) is 0 Å². The van der Waals surface area contributed by atoms with Gasteiger partial charge in [0.25, 0.3) is 0 Å². The predicted octanol–water partition coefficient (Wildman–Crippen LogP) is 3.80. The lowest BCUT2D eigenvalue weighted by Gasteiger charge is -2.18. The molecule has 0 aliphatic heterocycles. The van der Waals surface area contributed by atoms with E-state index in [1.54, 1.807) is 0 Å². The molecule has 1 aliphatic carbocycles. The zero-order valence-corrected chi connectivity index (χ0v) is 12.7. The van der Waals surface area contributed by atoms with Crippen molar-refractivity contribution in [2.45, 2.75) is 38.1 Å². The molecule has 1 heterocycles. The van der Waals surface area contributed by atoms with Crippen molar-refractivity contribution in [1.29, 1.82) is 0 Å². The number of hydrogen-bond acceptors (Lipinski definition) is 2. The lowest BCUT2D eigenvalue weighted by Crippen LogP contribution is -2.32. The standard InChI is InChI=1S/C19H24N2/c1-2-21-19(9-8-15-10-12-20-13-11-15)18-14-17(18)16-6-4-3-5-7-16/h3-7,10-13,17-19,21H,2,8-9,14H2,1H3. The Morgan fingerprint density at radius 3 is 2.62 bits per heavy atom. The van der Waals surface area contributed by atoms with E-state index in [0.717, 1.165) is 24.8 Å². The number of aromatic nitrogens is 1. The quantitative estimate of drug-likeness (QED) is 0.834. The molecule has 1 aromatic heterocycles. The summed E-state index contributed by atoms with van der Waals surface area (Å²) in [5.74, 6) is 1.56. The van der Waals surface area contributed by atoms with E-state index in [0.29, 0.717) is 6.04 Å². The Morgan fingerprint density at radius 1 is 1.14 bits per heavy atom. The van der Waals surface area contributed by atoms with Crippen molar-refractivity contribution in [2.24, 2.45) is 5.92 Å². The third-order valence-corrected chi connectivity index (χ3v) is 4.54. The summed E-state index contributed by atoms with van der Waals surface area (Å²) in [6.07, 6.45) is 7.46. The Bertz CT molecular complexity index is 538. The number of pyridine rings is 1. The van der Waals surface area contributed by atoms with E-state index in [1.807, 2.05) is 12.4 Å². The highest BCUT2D eigenvalue weighted by molar-refractivity contribution is 5.26. The minimum atomic E-state index is 0.633. The summed E-state index contributed by atoms with van der Waals surface area (Å²) in [5, 5.41) is 3.70. The van der Waals surface area contributed by atoms with Crippen LogP contribution in [0, 0.1) is 5.92 Å². The first-order chi connectivity index (χ1) is 10.4. The van der Waals surface area contributed by atoms with Gasteiger partial charge in [-0.2, -0.15) is 0 Å². The third kappa shape index (κ3) is 3.70. The van der Waals surface area contributed by atoms with Crippen LogP contribution in [0.3, 0.4) is 0 Å². The molecule has 1 saturated carbocycles. The molecular formula is C19H24N2. The molecule has 3 rings (SSSR count). The van der Waals surface area contributed by atoms with Crippen molar-refractivity contribution in [3.8, 4) is 0 Å². The Hall–Kier alpha value is -1.67. The number of nitrogens with one attached hydrogen (secondary N) is 1. The van der Waals surface area contributed by atoms with Gasteiger partial charge in [-0.25, -0.2) is 0 Å². The zero-order valence-electron chi connectivity index (χ0n) is 12.7. The van der Waals surface area contributed by atoms with Gasteiger partial charge in [-0.3, -0.25) is 4.98 Å². The monoisotopic (exact) mass is 280 g/mol. The number of nitrogens with zero attached hydrogens (tertiary/aromatic N) is 1. The summed E-state index contributed by atoms with van der Waals surface area (Å²) in [5.41, 5.74) is 2.90. The number of benzene rings is 1. The maximum Gasteiger partial charge on any atom is 0.0270 e. The molecule has 110 valence electrons. The van der Waals surface area contributed by atoms with E-state index in [2.05, 4.69) is 59.7 Å². The van der Waals surface area contributed by atoms with Crippen LogP contribution in [0.5, 0.6) is 0 Å². The second kappa shape index (κ2) is 6.86. The van der Waals surface area contributed by atoms with Gasteiger partial charge in [-0.15, -0.1) is 0 Å². The van der Waals surface area contributed by atoms with Gasteiger partial charge in [0.2, 0.25) is 0 Å². The fourth-order valence-corrected chi connectivity index (χ4v) is 3.34. The molecule has 0 amide bonds. The normalized spacial score (nSPS) is 22.0. The van der Waals surface area contributed by atoms with Gasteiger partial charge < -0.3 is 5.32 Å². The summed E-state index contributed by atoms with van der Waals surface area (Å²) >= 11 is 0. The fourth-order valence-electron chi connectivity index (χ4n) is 3.34. The van der Waals surface area contributed by atoms with E-state index in [4.69, 9.17) is 0 Å². The SMILES string of the molecule is CCNC(CCc1ccncc1)C1CC1c1ccccc1. The maximum absolute atomic E-state index is 4.09. The molecule has 2 heteroatoms. The molecule has 21 heavy (non-hydrogen) atoms. The molecule has 2 nitrogen and oxygen atoms in total. The summed E-state index contributed by atoms with van der Waals surface area (Å²) < 4.78 is 0. The zero-order chi connectivity index (χ0) is 14.5. The van der Waals surface area contributed by atoms with Crippen molar-refractivity contribution in [1.82, 2.24) is 10.3 Å². The van der Waals surface area contributed by atoms with Crippen LogP contribution in [0.2, 0.25) is 0 Å². The Morgan fingerprint density at radius 2 is 1.90 bits per heavy atom. The smallest absolute Gasteiger partial charge is 0.0270 e. The van der Waals surface area contributed by atoms with Gasteiger partial charge in [-0.1, -0.05) is 37.3 Å². The summed E-state index contributed by atoms with van der Waals surface area (Å²) in [6, 6.07) is 15.9. The van der Waals surface area contributed by atoms with Crippen LogP contribution in [0.25, 0.3) is 0 Å². The van der Waals surface area contributed by atoms with Crippen molar-refractivity contribution in [3.63, 3.8) is 0 Å². The van der Waals surface area contributed by atoms with Gasteiger partial charge in [0.15, 0.2) is 0 Å². The topological polar surface area (TPSA) is 24.9 Å². The fraction of sp³-hybridized carbons (Fsp3) is 0.421. The first-order valence-electron chi connectivity index (χ1n) is 8.05. The van der Waals surface area contributed by atoms with Crippen LogP contribution in [0.1, 0.15) is 36.8 Å². The van der Waals surface area contributed by atoms with Gasteiger partial charge in [-0.05, 0) is 60.9 Å². The Labute approximate surface area is 127 Å². The molecule has 0 saturated heterocycles.